The number of hydrogen-bond donors (Lipinski definition) is 0. The minimum absolute atomic E-state index is 0. The first-order chi connectivity index (χ1) is 23.8. The van der Waals surface area contributed by atoms with Gasteiger partial charge in [0.1, 0.15) is 5.58 Å². The van der Waals surface area contributed by atoms with Crippen molar-refractivity contribution in [3.05, 3.63) is 163 Å². The fourth-order valence-electron chi connectivity index (χ4n) is 7.18. The summed E-state index contributed by atoms with van der Waals surface area (Å²) in [4.78, 5) is 9.18. The van der Waals surface area contributed by atoms with Crippen molar-refractivity contribution in [1.29, 1.82) is 0 Å². The first kappa shape index (κ1) is 30.9. The van der Waals surface area contributed by atoms with Gasteiger partial charge in [-0.2, -0.15) is 0 Å². The van der Waals surface area contributed by atoms with E-state index >= 15 is 0 Å². The van der Waals surface area contributed by atoms with Gasteiger partial charge in [-0.25, -0.2) is 0 Å². The number of rotatable bonds is 3. The average molecular weight is 810 g/mol. The summed E-state index contributed by atoms with van der Waals surface area (Å²) >= 11 is 0. The zero-order valence-corrected chi connectivity index (χ0v) is 29.1. The molecule has 1 aliphatic rings. The second-order valence-electron chi connectivity index (χ2n) is 12.2. The second kappa shape index (κ2) is 13.3. The fourth-order valence-corrected chi connectivity index (χ4v) is 7.18. The molecule has 0 amide bonds. The SMILES string of the molecule is [Ir].[c-]1ccc2c(oc3ccccc32)c1-c1cc2c(cn1)c1ccc3c(c1n2-c1ccccc1)CCCC3.[c-]1ccccc1-c1ccccn1. The Labute approximate surface area is 298 Å². The van der Waals surface area contributed by atoms with Crippen LogP contribution in [-0.4, -0.2) is 14.5 Å². The average Bonchev–Trinajstić information content (AvgIpc) is 3.72. The Balaban J connectivity index is 0.000000228. The van der Waals surface area contributed by atoms with E-state index in [9.17, 15) is 0 Å². The van der Waals surface area contributed by atoms with Crippen LogP contribution < -0.4 is 0 Å². The first-order valence-corrected chi connectivity index (χ1v) is 16.5. The van der Waals surface area contributed by atoms with Gasteiger partial charge in [0.15, 0.2) is 0 Å². The summed E-state index contributed by atoms with van der Waals surface area (Å²) in [7, 11) is 0. The van der Waals surface area contributed by atoms with E-state index < -0.39 is 0 Å². The molecule has 0 atom stereocenters. The molecule has 4 nitrogen and oxygen atoms in total. The van der Waals surface area contributed by atoms with Crippen molar-refractivity contribution in [3.8, 4) is 28.2 Å². The van der Waals surface area contributed by atoms with Crippen LogP contribution in [0.1, 0.15) is 24.0 Å². The standard InChI is InChI=1S/C33H23N2O.C11H8N.Ir/c1-2-10-22(11-3-1)35-30-19-29(27-15-8-14-26-24-13-6-7-16-31(24)36-33(26)27)34-20-28(30)25-18-17-21-9-4-5-12-23(21)32(25)35;1-2-6-10(7-3-1)11-8-4-5-9-12-11;/h1-3,6-8,10-11,13-14,16-20H,4-5,9,12H2;1-6,8-9H;/q2*-1;. The Morgan fingerprint density at radius 1 is 0.633 bits per heavy atom. The van der Waals surface area contributed by atoms with Crippen molar-refractivity contribution in [3.63, 3.8) is 0 Å². The molecule has 5 heteroatoms. The van der Waals surface area contributed by atoms with Crippen LogP contribution >= 0.6 is 0 Å². The third-order valence-corrected chi connectivity index (χ3v) is 9.40. The van der Waals surface area contributed by atoms with Gasteiger partial charge in [-0.3, -0.25) is 0 Å². The summed E-state index contributed by atoms with van der Waals surface area (Å²) in [6, 6.07) is 50.1. The number of para-hydroxylation sites is 2. The van der Waals surface area contributed by atoms with Gasteiger partial charge in [-0.05, 0) is 72.5 Å². The van der Waals surface area contributed by atoms with E-state index in [2.05, 4.69) is 88.4 Å². The van der Waals surface area contributed by atoms with Crippen molar-refractivity contribution in [2.45, 2.75) is 25.7 Å². The Morgan fingerprint density at radius 2 is 1.47 bits per heavy atom. The molecular weight excluding hydrogens is 779 g/mol. The first-order valence-electron chi connectivity index (χ1n) is 16.5. The molecule has 49 heavy (non-hydrogen) atoms. The molecular formula is C44H31IrN3O-2. The third-order valence-electron chi connectivity index (χ3n) is 9.40. The number of benzene rings is 5. The molecule has 239 valence electrons. The fraction of sp³-hybridized carbons (Fsp3) is 0.0909. The molecule has 0 unspecified atom stereocenters. The largest absolute Gasteiger partial charge is 0.501 e. The normalized spacial score (nSPS) is 12.4. The van der Waals surface area contributed by atoms with Gasteiger partial charge in [0.2, 0.25) is 0 Å². The van der Waals surface area contributed by atoms with Gasteiger partial charge in [0, 0.05) is 59.9 Å². The van der Waals surface area contributed by atoms with Crippen LogP contribution in [0.5, 0.6) is 0 Å². The van der Waals surface area contributed by atoms with Gasteiger partial charge in [-0.15, -0.1) is 54.1 Å². The van der Waals surface area contributed by atoms with Gasteiger partial charge in [0.25, 0.3) is 0 Å². The maximum absolute atomic E-state index is 6.32. The number of hydrogen-bond acceptors (Lipinski definition) is 3. The number of fused-ring (bicyclic) bond motifs is 8. The second-order valence-corrected chi connectivity index (χ2v) is 12.2. The molecule has 0 spiro atoms. The van der Waals surface area contributed by atoms with Crippen molar-refractivity contribution in [1.82, 2.24) is 14.5 Å². The molecule has 4 heterocycles. The predicted molar refractivity (Wildman–Crippen MR) is 195 cm³/mol. The maximum Gasteiger partial charge on any atom is 0.120 e. The van der Waals surface area contributed by atoms with Crippen molar-refractivity contribution >= 4 is 43.7 Å². The Hall–Kier alpha value is -5.35. The van der Waals surface area contributed by atoms with E-state index in [1.807, 2.05) is 66.9 Å². The Bertz CT molecular complexity index is 2520. The van der Waals surface area contributed by atoms with Crippen LogP contribution in [-0.2, 0) is 32.9 Å². The molecule has 0 fully saturated rings. The summed E-state index contributed by atoms with van der Waals surface area (Å²) < 4.78 is 8.76. The van der Waals surface area contributed by atoms with E-state index in [1.165, 1.54) is 51.5 Å². The minimum atomic E-state index is 0. The molecule has 1 aliphatic carbocycles. The van der Waals surface area contributed by atoms with E-state index in [4.69, 9.17) is 9.40 Å². The molecule has 5 aromatic carbocycles. The summed E-state index contributed by atoms with van der Waals surface area (Å²) in [5.41, 5.74) is 12.2. The summed E-state index contributed by atoms with van der Waals surface area (Å²) in [6.45, 7) is 0. The molecule has 0 saturated carbocycles. The third kappa shape index (κ3) is 5.55. The van der Waals surface area contributed by atoms with Crippen molar-refractivity contribution < 1.29 is 24.5 Å². The van der Waals surface area contributed by atoms with E-state index in [0.717, 1.165) is 57.3 Å². The molecule has 9 aromatic rings. The van der Waals surface area contributed by atoms with Gasteiger partial charge in [-0.1, -0.05) is 77.7 Å². The topological polar surface area (TPSA) is 43.9 Å². The molecule has 0 N–H and O–H groups in total. The molecule has 4 aromatic heterocycles. The van der Waals surface area contributed by atoms with Crippen LogP contribution in [0.3, 0.4) is 0 Å². The molecule has 10 rings (SSSR count). The van der Waals surface area contributed by atoms with Gasteiger partial charge < -0.3 is 19.0 Å². The van der Waals surface area contributed by atoms with Crippen molar-refractivity contribution in [2.75, 3.05) is 0 Å². The number of aryl methyl sites for hydroxylation is 2. The van der Waals surface area contributed by atoms with Crippen LogP contribution in [0.15, 0.2) is 144 Å². The van der Waals surface area contributed by atoms with Crippen LogP contribution in [0.4, 0.5) is 0 Å². The van der Waals surface area contributed by atoms with E-state index in [0.29, 0.717) is 0 Å². The number of aromatic nitrogens is 3. The Morgan fingerprint density at radius 3 is 2.33 bits per heavy atom. The predicted octanol–water partition coefficient (Wildman–Crippen LogP) is 11.0. The number of furan rings is 1. The minimum Gasteiger partial charge on any atom is -0.501 e. The van der Waals surface area contributed by atoms with Crippen LogP contribution in [0, 0.1) is 12.1 Å². The summed E-state index contributed by atoms with van der Waals surface area (Å²) in [5.74, 6) is 0. The summed E-state index contributed by atoms with van der Waals surface area (Å²) in [5, 5.41) is 4.68. The van der Waals surface area contributed by atoms with Gasteiger partial charge >= 0.3 is 0 Å². The smallest absolute Gasteiger partial charge is 0.120 e. The van der Waals surface area contributed by atoms with Crippen LogP contribution in [0.25, 0.3) is 71.9 Å². The van der Waals surface area contributed by atoms with Gasteiger partial charge in [0.05, 0.1) is 11.1 Å². The van der Waals surface area contributed by atoms with Crippen molar-refractivity contribution in [2.24, 2.45) is 0 Å². The number of pyridine rings is 2. The maximum atomic E-state index is 6.32. The zero-order valence-electron chi connectivity index (χ0n) is 26.7. The van der Waals surface area contributed by atoms with Crippen LogP contribution in [0.2, 0.25) is 0 Å². The molecule has 1 radical (unpaired) electrons. The Kier molecular flexibility index (Phi) is 8.39. The number of nitrogens with zero attached hydrogens (tertiary/aromatic N) is 3. The summed E-state index contributed by atoms with van der Waals surface area (Å²) in [6.07, 6.45) is 8.63. The quantitative estimate of drug-likeness (QED) is 0.167. The van der Waals surface area contributed by atoms with E-state index in [1.54, 1.807) is 6.20 Å². The van der Waals surface area contributed by atoms with E-state index in [-0.39, 0.29) is 20.1 Å². The monoisotopic (exact) mass is 810 g/mol. The molecule has 0 bridgehead atoms. The molecule has 0 saturated heterocycles. The zero-order chi connectivity index (χ0) is 31.9. The molecule has 0 aliphatic heterocycles.